The van der Waals surface area contributed by atoms with Gasteiger partial charge >= 0.3 is 0 Å². The van der Waals surface area contributed by atoms with E-state index in [2.05, 4.69) is 5.32 Å². The summed E-state index contributed by atoms with van der Waals surface area (Å²) in [7, 11) is 1.59. The van der Waals surface area contributed by atoms with E-state index in [1.165, 1.54) is 0 Å². The van der Waals surface area contributed by atoms with Gasteiger partial charge in [-0.25, -0.2) is 0 Å². The van der Waals surface area contributed by atoms with Crippen molar-refractivity contribution in [3.8, 4) is 11.5 Å². The summed E-state index contributed by atoms with van der Waals surface area (Å²) in [6, 6.07) is 14.5. The molecule has 6 nitrogen and oxygen atoms in total. The van der Waals surface area contributed by atoms with Crippen molar-refractivity contribution < 1.29 is 19.1 Å². The quantitative estimate of drug-likeness (QED) is 0.611. The van der Waals surface area contributed by atoms with Crippen molar-refractivity contribution in [2.24, 2.45) is 0 Å². The summed E-state index contributed by atoms with van der Waals surface area (Å²) in [5.74, 6) is 0.923. The van der Waals surface area contributed by atoms with E-state index in [-0.39, 0.29) is 18.4 Å². The van der Waals surface area contributed by atoms with E-state index in [1.807, 2.05) is 45.0 Å². The highest BCUT2D eigenvalue weighted by Gasteiger charge is 2.28. The highest BCUT2D eigenvalue weighted by atomic mass is 16.5. The zero-order valence-electron chi connectivity index (χ0n) is 18.3. The van der Waals surface area contributed by atoms with Crippen molar-refractivity contribution in [1.29, 1.82) is 0 Å². The minimum Gasteiger partial charge on any atom is -0.497 e. The van der Waals surface area contributed by atoms with Crippen LogP contribution in [0.3, 0.4) is 0 Å². The third-order valence-corrected chi connectivity index (χ3v) is 4.79. The minimum atomic E-state index is -0.552. The third-order valence-electron chi connectivity index (χ3n) is 4.79. The molecule has 1 N–H and O–H groups in total. The second kappa shape index (κ2) is 11.9. The average molecular weight is 413 g/mol. The second-order valence-corrected chi connectivity index (χ2v) is 7.19. The molecule has 0 heterocycles. The van der Waals surface area contributed by atoms with E-state index in [0.29, 0.717) is 31.0 Å². The largest absolute Gasteiger partial charge is 0.497 e. The fourth-order valence-electron chi connectivity index (χ4n) is 3.19. The number of carbonyl (C=O) groups is 2. The first-order valence-corrected chi connectivity index (χ1v) is 10.4. The van der Waals surface area contributed by atoms with E-state index in [9.17, 15) is 9.59 Å². The number of ether oxygens (including phenoxy) is 2. The Morgan fingerprint density at radius 3 is 2.37 bits per heavy atom. The Kier molecular flexibility index (Phi) is 9.19. The molecule has 0 aliphatic rings. The first-order valence-electron chi connectivity index (χ1n) is 10.4. The number of methoxy groups -OCH3 is 1. The summed E-state index contributed by atoms with van der Waals surface area (Å²) < 4.78 is 10.8. The van der Waals surface area contributed by atoms with Gasteiger partial charge < -0.3 is 19.7 Å². The van der Waals surface area contributed by atoms with Crippen LogP contribution in [-0.2, 0) is 16.1 Å². The predicted molar refractivity (Wildman–Crippen MR) is 118 cm³/mol. The SMILES string of the molecule is CCCNC(=O)[C@@H](CC)N(Cc1cccc(C)c1)C(=O)COc1ccc(OC)cc1. The molecule has 0 aliphatic carbocycles. The van der Waals surface area contributed by atoms with Gasteiger partial charge in [-0.2, -0.15) is 0 Å². The molecule has 1 atom stereocenters. The molecule has 0 unspecified atom stereocenters. The second-order valence-electron chi connectivity index (χ2n) is 7.19. The van der Waals surface area contributed by atoms with Crippen LogP contribution in [0.5, 0.6) is 11.5 Å². The maximum Gasteiger partial charge on any atom is 0.261 e. The van der Waals surface area contributed by atoms with Crippen LogP contribution in [0, 0.1) is 6.92 Å². The zero-order chi connectivity index (χ0) is 21.9. The number of benzene rings is 2. The van der Waals surface area contributed by atoms with Gasteiger partial charge in [0.15, 0.2) is 6.61 Å². The monoisotopic (exact) mass is 412 g/mol. The van der Waals surface area contributed by atoms with Crippen molar-refractivity contribution in [3.63, 3.8) is 0 Å². The molecule has 2 aromatic rings. The van der Waals surface area contributed by atoms with Gasteiger partial charge in [-0.3, -0.25) is 9.59 Å². The van der Waals surface area contributed by atoms with Gasteiger partial charge in [-0.1, -0.05) is 43.7 Å². The number of hydrogen-bond acceptors (Lipinski definition) is 4. The number of amides is 2. The van der Waals surface area contributed by atoms with Crippen LogP contribution in [0.15, 0.2) is 48.5 Å². The molecule has 2 rings (SSSR count). The van der Waals surface area contributed by atoms with Gasteiger partial charge in [0.2, 0.25) is 5.91 Å². The van der Waals surface area contributed by atoms with Crippen LogP contribution in [0.25, 0.3) is 0 Å². The molecule has 0 saturated carbocycles. The standard InChI is InChI=1S/C24H32N2O4/c1-5-14-25-24(28)22(6-2)26(16-19-9-7-8-18(3)15-19)23(27)17-30-21-12-10-20(29-4)11-13-21/h7-13,15,22H,5-6,14,16-17H2,1-4H3,(H,25,28)/t22-/m1/s1. The number of carbonyl (C=O) groups excluding carboxylic acids is 2. The highest BCUT2D eigenvalue weighted by molar-refractivity contribution is 5.88. The Balaban J connectivity index is 2.16. The van der Waals surface area contributed by atoms with Gasteiger partial charge in [0, 0.05) is 13.1 Å². The normalized spacial score (nSPS) is 11.5. The number of nitrogens with one attached hydrogen (secondary N) is 1. The smallest absolute Gasteiger partial charge is 0.261 e. The molecule has 0 aliphatic heterocycles. The van der Waals surface area contributed by atoms with E-state index >= 15 is 0 Å². The maximum absolute atomic E-state index is 13.1. The lowest BCUT2D eigenvalue weighted by Crippen LogP contribution is -2.50. The molecule has 30 heavy (non-hydrogen) atoms. The van der Waals surface area contributed by atoms with Crippen molar-refractivity contribution in [2.75, 3.05) is 20.3 Å². The minimum absolute atomic E-state index is 0.134. The summed E-state index contributed by atoms with van der Waals surface area (Å²) in [5.41, 5.74) is 2.09. The topological polar surface area (TPSA) is 67.9 Å². The Bertz CT molecular complexity index is 820. The molecule has 0 aromatic heterocycles. The molecule has 162 valence electrons. The van der Waals surface area contributed by atoms with Crippen molar-refractivity contribution in [2.45, 2.75) is 46.2 Å². The van der Waals surface area contributed by atoms with Crippen LogP contribution in [0.4, 0.5) is 0 Å². The predicted octanol–water partition coefficient (Wildman–Crippen LogP) is 3.72. The summed E-state index contributed by atoms with van der Waals surface area (Å²) in [4.78, 5) is 27.4. The Labute approximate surface area is 179 Å². The lowest BCUT2D eigenvalue weighted by atomic mass is 10.1. The van der Waals surface area contributed by atoms with Gasteiger partial charge in [-0.15, -0.1) is 0 Å². The average Bonchev–Trinajstić information content (AvgIpc) is 2.76. The lowest BCUT2D eigenvalue weighted by Gasteiger charge is -2.30. The molecule has 0 saturated heterocycles. The summed E-state index contributed by atoms with van der Waals surface area (Å²) in [6.07, 6.45) is 1.37. The molecule has 0 spiro atoms. The summed E-state index contributed by atoms with van der Waals surface area (Å²) in [6.45, 7) is 6.72. The maximum atomic E-state index is 13.1. The van der Waals surface area contributed by atoms with Gasteiger partial charge in [0.25, 0.3) is 5.91 Å². The van der Waals surface area contributed by atoms with E-state index in [1.54, 1.807) is 36.3 Å². The van der Waals surface area contributed by atoms with E-state index in [4.69, 9.17) is 9.47 Å². The first-order chi connectivity index (χ1) is 14.5. The Hall–Kier alpha value is -3.02. The van der Waals surface area contributed by atoms with Crippen molar-refractivity contribution >= 4 is 11.8 Å². The van der Waals surface area contributed by atoms with Crippen LogP contribution in [0.2, 0.25) is 0 Å². The lowest BCUT2D eigenvalue weighted by molar-refractivity contribution is -0.143. The number of nitrogens with zero attached hydrogens (tertiary/aromatic N) is 1. The Morgan fingerprint density at radius 1 is 1.07 bits per heavy atom. The van der Waals surface area contributed by atoms with Crippen LogP contribution in [-0.4, -0.2) is 43.0 Å². The van der Waals surface area contributed by atoms with Gasteiger partial charge in [0.05, 0.1) is 7.11 Å². The van der Waals surface area contributed by atoms with Crippen molar-refractivity contribution in [3.05, 3.63) is 59.7 Å². The Morgan fingerprint density at radius 2 is 1.77 bits per heavy atom. The molecule has 0 bridgehead atoms. The van der Waals surface area contributed by atoms with E-state index in [0.717, 1.165) is 17.5 Å². The number of hydrogen-bond donors (Lipinski definition) is 1. The fraction of sp³-hybridized carbons (Fsp3) is 0.417. The highest BCUT2D eigenvalue weighted by Crippen LogP contribution is 2.18. The van der Waals surface area contributed by atoms with Crippen LogP contribution < -0.4 is 14.8 Å². The summed E-state index contributed by atoms with van der Waals surface area (Å²) >= 11 is 0. The molecule has 2 amide bonds. The number of aryl methyl sites for hydroxylation is 1. The van der Waals surface area contributed by atoms with Crippen LogP contribution >= 0.6 is 0 Å². The van der Waals surface area contributed by atoms with Gasteiger partial charge in [-0.05, 0) is 49.6 Å². The molecule has 2 aromatic carbocycles. The molecule has 0 fully saturated rings. The van der Waals surface area contributed by atoms with E-state index < -0.39 is 6.04 Å². The number of rotatable bonds is 11. The third kappa shape index (κ3) is 6.79. The molecular weight excluding hydrogens is 380 g/mol. The van der Waals surface area contributed by atoms with Gasteiger partial charge in [0.1, 0.15) is 17.5 Å². The fourth-order valence-corrected chi connectivity index (χ4v) is 3.19. The summed E-state index contributed by atoms with van der Waals surface area (Å²) in [5, 5.41) is 2.91. The first kappa shape index (κ1) is 23.3. The zero-order valence-corrected chi connectivity index (χ0v) is 18.3. The van der Waals surface area contributed by atoms with Crippen LogP contribution in [0.1, 0.15) is 37.8 Å². The molecule has 6 heteroatoms. The van der Waals surface area contributed by atoms with Crippen molar-refractivity contribution in [1.82, 2.24) is 10.2 Å². The molecular formula is C24H32N2O4. The molecule has 0 radical (unpaired) electrons.